The van der Waals surface area contributed by atoms with Crippen LogP contribution in [-0.4, -0.2) is 37.6 Å². The Kier molecular flexibility index (Phi) is 7.77. The van der Waals surface area contributed by atoms with Crippen molar-refractivity contribution in [2.24, 2.45) is 0 Å². The monoisotopic (exact) mass is 320 g/mol. The Labute approximate surface area is 132 Å². The molecule has 0 aliphatic rings. The van der Waals surface area contributed by atoms with Crippen LogP contribution in [-0.2, 0) is 39.8 Å². The number of methoxy groups -OCH3 is 1. The number of rotatable bonds is 7. The quantitative estimate of drug-likeness (QED) is 0.319. The fourth-order valence-corrected chi connectivity index (χ4v) is 1.46. The van der Waals surface area contributed by atoms with E-state index in [1.165, 1.54) is 7.11 Å². The summed E-state index contributed by atoms with van der Waals surface area (Å²) in [4.78, 5) is 44.8. The van der Waals surface area contributed by atoms with Crippen LogP contribution in [0.1, 0.15) is 12.0 Å². The van der Waals surface area contributed by atoms with Crippen molar-refractivity contribution in [3.05, 3.63) is 48.0 Å². The van der Waals surface area contributed by atoms with Crippen LogP contribution in [0.3, 0.4) is 0 Å². The van der Waals surface area contributed by atoms with E-state index in [2.05, 4.69) is 14.2 Å². The molecule has 0 fully saturated rings. The molecule has 0 saturated heterocycles. The Hall–Kier alpha value is -2.96. The van der Waals surface area contributed by atoms with Gasteiger partial charge < -0.3 is 14.2 Å². The molecule has 0 aliphatic carbocycles. The summed E-state index contributed by atoms with van der Waals surface area (Å²) in [5.41, 5.74) is 0.727. The van der Waals surface area contributed by atoms with Gasteiger partial charge in [-0.25, -0.2) is 9.59 Å². The molecule has 0 amide bonds. The third kappa shape index (κ3) is 8.15. The molecule has 0 spiro atoms. The number of esters is 4. The standard InChI is InChI=1S/C16H16O7/c1-21-13(17)7-8-14(18)22-10-9-15(19)23-16(20)11-12-5-3-2-4-6-12/h2-8H,9-11H2,1H3/b8-7+. The number of hydrogen-bond acceptors (Lipinski definition) is 7. The molecule has 1 aromatic carbocycles. The van der Waals surface area contributed by atoms with E-state index >= 15 is 0 Å². The lowest BCUT2D eigenvalue weighted by Crippen LogP contribution is -2.16. The molecule has 0 radical (unpaired) electrons. The van der Waals surface area contributed by atoms with Crippen molar-refractivity contribution in [3.63, 3.8) is 0 Å². The second-order valence-corrected chi connectivity index (χ2v) is 4.28. The highest BCUT2D eigenvalue weighted by molar-refractivity contribution is 5.91. The minimum absolute atomic E-state index is 0.0196. The zero-order valence-electron chi connectivity index (χ0n) is 12.5. The maximum absolute atomic E-state index is 11.5. The third-order valence-electron chi connectivity index (χ3n) is 2.53. The molecular formula is C16H16O7. The molecule has 0 atom stereocenters. The second-order valence-electron chi connectivity index (χ2n) is 4.28. The van der Waals surface area contributed by atoms with E-state index in [0.717, 1.165) is 17.7 Å². The van der Waals surface area contributed by atoms with Crippen molar-refractivity contribution in [1.29, 1.82) is 0 Å². The molecule has 0 aromatic heterocycles. The summed E-state index contributed by atoms with van der Waals surface area (Å²) in [5, 5.41) is 0. The van der Waals surface area contributed by atoms with E-state index < -0.39 is 23.9 Å². The zero-order valence-corrected chi connectivity index (χ0v) is 12.5. The van der Waals surface area contributed by atoms with Gasteiger partial charge in [-0.15, -0.1) is 0 Å². The molecule has 1 aromatic rings. The average Bonchev–Trinajstić information content (AvgIpc) is 2.53. The summed E-state index contributed by atoms with van der Waals surface area (Å²) in [7, 11) is 1.17. The lowest BCUT2D eigenvalue weighted by molar-refractivity contribution is -0.160. The molecule has 0 saturated carbocycles. The highest BCUT2D eigenvalue weighted by atomic mass is 16.6. The molecule has 122 valence electrons. The van der Waals surface area contributed by atoms with Crippen LogP contribution < -0.4 is 0 Å². The van der Waals surface area contributed by atoms with E-state index in [9.17, 15) is 19.2 Å². The van der Waals surface area contributed by atoms with Gasteiger partial charge in [0.05, 0.1) is 20.0 Å². The molecule has 7 nitrogen and oxygen atoms in total. The van der Waals surface area contributed by atoms with Crippen LogP contribution in [0.4, 0.5) is 0 Å². The van der Waals surface area contributed by atoms with Gasteiger partial charge in [0, 0.05) is 12.2 Å². The van der Waals surface area contributed by atoms with Gasteiger partial charge >= 0.3 is 23.9 Å². The Morgan fingerprint density at radius 2 is 1.61 bits per heavy atom. The van der Waals surface area contributed by atoms with Crippen molar-refractivity contribution in [3.8, 4) is 0 Å². The highest BCUT2D eigenvalue weighted by Gasteiger charge is 2.12. The number of benzene rings is 1. The van der Waals surface area contributed by atoms with Gasteiger partial charge in [0.15, 0.2) is 0 Å². The smallest absolute Gasteiger partial charge is 0.331 e. The predicted octanol–water partition coefficient (Wildman–Crippen LogP) is 0.961. The van der Waals surface area contributed by atoms with E-state index in [-0.39, 0.29) is 19.4 Å². The van der Waals surface area contributed by atoms with Crippen LogP contribution in [0.15, 0.2) is 42.5 Å². The highest BCUT2D eigenvalue weighted by Crippen LogP contribution is 2.01. The third-order valence-corrected chi connectivity index (χ3v) is 2.53. The molecule has 0 bridgehead atoms. The lowest BCUT2D eigenvalue weighted by atomic mass is 10.2. The van der Waals surface area contributed by atoms with Crippen molar-refractivity contribution < 1.29 is 33.4 Å². The summed E-state index contributed by atoms with van der Waals surface area (Å²) in [6.45, 7) is -0.262. The van der Waals surface area contributed by atoms with Crippen LogP contribution in [0.5, 0.6) is 0 Å². The first-order valence-corrected chi connectivity index (χ1v) is 6.71. The fraction of sp³-hybridized carbons (Fsp3) is 0.250. The van der Waals surface area contributed by atoms with Gasteiger partial charge in [-0.1, -0.05) is 30.3 Å². The van der Waals surface area contributed by atoms with Gasteiger partial charge in [0.2, 0.25) is 0 Å². The maximum atomic E-state index is 11.5. The summed E-state index contributed by atoms with van der Waals surface area (Å²) in [6.07, 6.45) is 1.48. The van der Waals surface area contributed by atoms with Crippen LogP contribution in [0.2, 0.25) is 0 Å². The van der Waals surface area contributed by atoms with Crippen LogP contribution in [0, 0.1) is 0 Å². The average molecular weight is 320 g/mol. The molecule has 0 N–H and O–H groups in total. The van der Waals surface area contributed by atoms with Crippen molar-refractivity contribution in [2.75, 3.05) is 13.7 Å². The first kappa shape index (κ1) is 18.1. The van der Waals surface area contributed by atoms with Crippen LogP contribution in [0.25, 0.3) is 0 Å². The summed E-state index contributed by atoms with van der Waals surface area (Å²) >= 11 is 0. The van der Waals surface area contributed by atoms with Gasteiger partial charge in [0.25, 0.3) is 0 Å². The largest absolute Gasteiger partial charge is 0.466 e. The SMILES string of the molecule is COC(=O)/C=C/C(=O)OCCC(=O)OC(=O)Cc1ccccc1. The molecule has 0 aliphatic heterocycles. The minimum Gasteiger partial charge on any atom is -0.466 e. The van der Waals surface area contributed by atoms with Crippen LogP contribution >= 0.6 is 0 Å². The Bertz CT molecular complexity index is 590. The van der Waals surface area contributed by atoms with E-state index in [1.807, 2.05) is 6.07 Å². The van der Waals surface area contributed by atoms with E-state index in [4.69, 9.17) is 0 Å². The van der Waals surface area contributed by atoms with E-state index in [1.54, 1.807) is 24.3 Å². The lowest BCUT2D eigenvalue weighted by Gasteiger charge is -2.04. The van der Waals surface area contributed by atoms with Crippen molar-refractivity contribution >= 4 is 23.9 Å². The second kappa shape index (κ2) is 9.88. The Morgan fingerprint density at radius 1 is 0.957 bits per heavy atom. The molecule has 1 rings (SSSR count). The minimum atomic E-state index is -0.807. The van der Waals surface area contributed by atoms with Crippen molar-refractivity contribution in [1.82, 2.24) is 0 Å². The summed E-state index contributed by atoms with van der Waals surface area (Å²) in [6, 6.07) is 8.82. The number of carbonyl (C=O) groups is 4. The van der Waals surface area contributed by atoms with Gasteiger partial charge in [-0.3, -0.25) is 9.59 Å². The zero-order chi connectivity index (χ0) is 17.1. The first-order valence-electron chi connectivity index (χ1n) is 6.71. The van der Waals surface area contributed by atoms with Gasteiger partial charge in [-0.2, -0.15) is 0 Å². The molecule has 7 heteroatoms. The molecule has 0 unspecified atom stereocenters. The fourth-order valence-electron chi connectivity index (χ4n) is 1.46. The number of carbonyl (C=O) groups excluding carboxylic acids is 4. The number of hydrogen-bond donors (Lipinski definition) is 0. The van der Waals surface area contributed by atoms with Crippen molar-refractivity contribution in [2.45, 2.75) is 12.8 Å². The topological polar surface area (TPSA) is 96.0 Å². The normalized spacial score (nSPS) is 10.1. The predicted molar refractivity (Wildman–Crippen MR) is 78.0 cm³/mol. The first-order chi connectivity index (χ1) is 11.0. The Balaban J connectivity index is 2.24. The van der Waals surface area contributed by atoms with E-state index in [0.29, 0.717) is 0 Å². The summed E-state index contributed by atoms with van der Waals surface area (Å²) in [5.74, 6) is -2.99. The maximum Gasteiger partial charge on any atom is 0.331 e. The van der Waals surface area contributed by atoms with Gasteiger partial charge in [-0.05, 0) is 5.56 Å². The Morgan fingerprint density at radius 3 is 2.26 bits per heavy atom. The number of ether oxygens (including phenoxy) is 3. The molecule has 23 heavy (non-hydrogen) atoms. The molecule has 0 heterocycles. The summed E-state index contributed by atoms with van der Waals surface area (Å²) < 4.78 is 13.5. The molecular weight excluding hydrogens is 304 g/mol. The van der Waals surface area contributed by atoms with Gasteiger partial charge in [0.1, 0.15) is 6.61 Å².